The van der Waals surface area contributed by atoms with E-state index in [-0.39, 0.29) is 36.1 Å². The number of benzene rings is 2. The molecule has 0 bridgehead atoms. The summed E-state index contributed by atoms with van der Waals surface area (Å²) in [6.07, 6.45) is -5.14. The quantitative estimate of drug-likeness (QED) is 0.508. The maximum Gasteiger partial charge on any atom is 0.421 e. The lowest BCUT2D eigenvalue weighted by atomic mass is 9.85. The van der Waals surface area contributed by atoms with Crippen LogP contribution in [-0.2, 0) is 10.3 Å². The minimum Gasteiger partial charge on any atom is -0.473 e. The number of alkyl halides is 3. The van der Waals surface area contributed by atoms with E-state index >= 15 is 0 Å². The Morgan fingerprint density at radius 2 is 1.97 bits per heavy atom. The van der Waals surface area contributed by atoms with Crippen molar-refractivity contribution in [1.82, 2.24) is 10.6 Å². The first-order valence-electron chi connectivity index (χ1n) is 11.2. The molecule has 7 nitrogen and oxygen atoms in total. The molecule has 2 aliphatic heterocycles. The van der Waals surface area contributed by atoms with Crippen molar-refractivity contribution in [2.45, 2.75) is 56.3 Å². The fourth-order valence-electron chi connectivity index (χ4n) is 4.29. The summed E-state index contributed by atoms with van der Waals surface area (Å²) in [5.41, 5.74) is -3.24. The van der Waals surface area contributed by atoms with Gasteiger partial charge in [0.05, 0.1) is 30.0 Å². The van der Waals surface area contributed by atoms with Crippen LogP contribution >= 0.6 is 0 Å². The van der Waals surface area contributed by atoms with Crippen molar-refractivity contribution in [1.29, 1.82) is 5.26 Å². The van der Waals surface area contributed by atoms with Gasteiger partial charge in [0.1, 0.15) is 17.4 Å². The molecular weight excluding hydrogens is 487 g/mol. The van der Waals surface area contributed by atoms with Gasteiger partial charge in [0.25, 0.3) is 0 Å². The third kappa shape index (κ3) is 5.08. The molecule has 0 aromatic heterocycles. The van der Waals surface area contributed by atoms with E-state index in [9.17, 15) is 26.7 Å². The molecule has 2 heterocycles. The zero-order valence-electron chi connectivity index (χ0n) is 19.1. The minimum atomic E-state index is -4.80. The number of amides is 2. The van der Waals surface area contributed by atoms with Crippen LogP contribution in [0.2, 0.25) is 0 Å². The number of anilines is 1. The smallest absolute Gasteiger partial charge is 0.421 e. The van der Waals surface area contributed by atoms with Crippen LogP contribution in [0, 0.1) is 23.0 Å². The van der Waals surface area contributed by atoms with Gasteiger partial charge < -0.3 is 20.1 Å². The van der Waals surface area contributed by atoms with Crippen molar-refractivity contribution < 1.29 is 36.2 Å². The second-order valence-electron chi connectivity index (χ2n) is 8.76. The van der Waals surface area contributed by atoms with Crippen molar-refractivity contribution in [2.75, 3.05) is 11.9 Å². The Bertz CT molecular complexity index is 1180. The van der Waals surface area contributed by atoms with E-state index in [4.69, 9.17) is 14.7 Å². The Kier molecular flexibility index (Phi) is 7.06. The first kappa shape index (κ1) is 25.7. The van der Waals surface area contributed by atoms with E-state index in [1.54, 1.807) is 6.07 Å². The van der Waals surface area contributed by atoms with E-state index in [2.05, 4.69) is 16.0 Å². The predicted octanol–water partition coefficient (Wildman–Crippen LogP) is 4.68. The largest absolute Gasteiger partial charge is 0.473 e. The number of ether oxygens (including phenoxy) is 2. The fraction of sp³-hybridized carbons (Fsp3) is 0.417. The van der Waals surface area contributed by atoms with E-state index in [0.717, 1.165) is 24.3 Å². The van der Waals surface area contributed by atoms with Crippen molar-refractivity contribution in [2.24, 2.45) is 0 Å². The van der Waals surface area contributed by atoms with Crippen LogP contribution in [0.15, 0.2) is 36.4 Å². The molecule has 0 aliphatic carbocycles. The van der Waals surface area contributed by atoms with Gasteiger partial charge in [-0.25, -0.2) is 13.6 Å². The number of nitrogens with one attached hydrogen (secondary N) is 3. The molecule has 2 aromatic rings. The lowest BCUT2D eigenvalue weighted by molar-refractivity contribution is -0.334. The summed E-state index contributed by atoms with van der Waals surface area (Å²) in [6.45, 7) is 1.71. The van der Waals surface area contributed by atoms with Crippen LogP contribution in [0.5, 0.6) is 5.75 Å². The molecule has 0 saturated carbocycles. The van der Waals surface area contributed by atoms with Crippen LogP contribution in [0.25, 0.3) is 0 Å². The summed E-state index contributed by atoms with van der Waals surface area (Å²) in [6, 6.07) is 6.58. The highest BCUT2D eigenvalue weighted by molar-refractivity contribution is 5.89. The standard InChI is InChI=1S/C24H23F5N4O3/c1-13-2-5-19(33-22(34)32-18-6-3-14(12-30)10-17(18)26)21(31-13)36-20-7-4-15(25)11-16(20)23(8-9-35-23)24(27,28)29/h3-4,6-7,10-11,13,19,21,31H,2,5,8-9H2,1H3,(H2,32,33,34). The van der Waals surface area contributed by atoms with Crippen LogP contribution in [0.3, 0.4) is 0 Å². The van der Waals surface area contributed by atoms with Gasteiger partial charge in [-0.05, 0) is 56.2 Å². The van der Waals surface area contributed by atoms with Crippen LogP contribution in [0.4, 0.5) is 32.4 Å². The molecule has 12 heteroatoms. The molecule has 0 spiro atoms. The summed E-state index contributed by atoms with van der Waals surface area (Å²) in [4.78, 5) is 12.6. The SMILES string of the molecule is CC1CCC(NC(=O)Nc2ccc(C#N)cc2F)C(Oc2ccc(F)cc2C2(C(F)(F)F)CCO2)N1. The average Bonchev–Trinajstić information content (AvgIpc) is 2.77. The second-order valence-corrected chi connectivity index (χ2v) is 8.76. The third-order valence-corrected chi connectivity index (χ3v) is 6.28. The van der Waals surface area contributed by atoms with Crippen molar-refractivity contribution >= 4 is 11.7 Å². The Hall–Kier alpha value is -3.43. The number of halogens is 5. The highest BCUT2D eigenvalue weighted by Crippen LogP contribution is 2.53. The highest BCUT2D eigenvalue weighted by Gasteiger charge is 2.62. The maximum atomic E-state index is 14.2. The van der Waals surface area contributed by atoms with E-state index < -0.39 is 47.3 Å². The van der Waals surface area contributed by atoms with Gasteiger partial charge in [0.2, 0.25) is 0 Å². The number of hydrogen-bond acceptors (Lipinski definition) is 5. The Morgan fingerprint density at radius 1 is 1.22 bits per heavy atom. The average molecular weight is 510 g/mol. The molecular formula is C24H23F5N4O3. The summed E-state index contributed by atoms with van der Waals surface area (Å²) in [7, 11) is 0. The van der Waals surface area contributed by atoms with Gasteiger partial charge in [-0.1, -0.05) is 0 Å². The predicted molar refractivity (Wildman–Crippen MR) is 118 cm³/mol. The minimum absolute atomic E-state index is 0.0829. The van der Waals surface area contributed by atoms with Crippen LogP contribution < -0.4 is 20.7 Å². The molecule has 4 rings (SSSR count). The van der Waals surface area contributed by atoms with Crippen LogP contribution in [0.1, 0.15) is 37.3 Å². The van der Waals surface area contributed by atoms with E-state index in [0.29, 0.717) is 12.8 Å². The van der Waals surface area contributed by atoms with Crippen molar-refractivity contribution in [3.05, 3.63) is 59.2 Å². The molecule has 36 heavy (non-hydrogen) atoms. The molecule has 2 aliphatic rings. The normalized spacial score (nSPS) is 25.9. The molecule has 3 N–H and O–H groups in total. The molecule has 4 atom stereocenters. The molecule has 2 aromatic carbocycles. The number of carbonyl (C=O) groups excluding carboxylic acids is 1. The Balaban J connectivity index is 1.54. The Morgan fingerprint density at radius 3 is 2.58 bits per heavy atom. The molecule has 4 unspecified atom stereocenters. The first-order valence-corrected chi connectivity index (χ1v) is 11.2. The number of nitrogens with zero attached hydrogens (tertiary/aromatic N) is 1. The van der Waals surface area contributed by atoms with Gasteiger partial charge >= 0.3 is 12.2 Å². The number of rotatable bonds is 5. The van der Waals surface area contributed by atoms with Gasteiger partial charge in [-0.2, -0.15) is 18.4 Å². The molecule has 2 amide bonds. The third-order valence-electron chi connectivity index (χ3n) is 6.28. The van der Waals surface area contributed by atoms with E-state index in [1.807, 2.05) is 6.92 Å². The number of piperidine rings is 1. The zero-order valence-corrected chi connectivity index (χ0v) is 19.1. The lowest BCUT2D eigenvalue weighted by Gasteiger charge is -2.44. The number of hydrogen-bond donors (Lipinski definition) is 3. The van der Waals surface area contributed by atoms with Crippen LogP contribution in [-0.4, -0.2) is 37.1 Å². The molecule has 2 saturated heterocycles. The molecule has 192 valence electrons. The number of carbonyl (C=O) groups is 1. The maximum absolute atomic E-state index is 14.2. The number of nitriles is 1. The number of urea groups is 1. The second kappa shape index (κ2) is 9.91. The summed E-state index contributed by atoms with van der Waals surface area (Å²) in [5.74, 6) is -1.91. The lowest BCUT2D eigenvalue weighted by Crippen LogP contribution is -2.59. The Labute approximate surface area is 203 Å². The summed E-state index contributed by atoms with van der Waals surface area (Å²) < 4.78 is 80.7. The fourth-order valence-corrected chi connectivity index (χ4v) is 4.29. The molecule has 0 radical (unpaired) electrons. The highest BCUT2D eigenvalue weighted by atomic mass is 19.4. The monoisotopic (exact) mass is 510 g/mol. The van der Waals surface area contributed by atoms with Crippen molar-refractivity contribution in [3.63, 3.8) is 0 Å². The zero-order chi connectivity index (χ0) is 26.1. The van der Waals surface area contributed by atoms with Crippen molar-refractivity contribution in [3.8, 4) is 11.8 Å². The molecule has 2 fully saturated rings. The van der Waals surface area contributed by atoms with Gasteiger partial charge in [-0.15, -0.1) is 0 Å². The van der Waals surface area contributed by atoms with Gasteiger partial charge in [0, 0.05) is 18.0 Å². The summed E-state index contributed by atoms with van der Waals surface area (Å²) in [5, 5.41) is 16.9. The van der Waals surface area contributed by atoms with Gasteiger partial charge in [-0.3, -0.25) is 5.32 Å². The topological polar surface area (TPSA) is 95.4 Å². The van der Waals surface area contributed by atoms with E-state index in [1.165, 1.54) is 12.1 Å². The van der Waals surface area contributed by atoms with Gasteiger partial charge in [0.15, 0.2) is 11.8 Å². The summed E-state index contributed by atoms with van der Waals surface area (Å²) >= 11 is 0. The first-order chi connectivity index (χ1) is 17.0.